The number of H-pyrrole nitrogens is 1. The summed E-state index contributed by atoms with van der Waals surface area (Å²) in [5.41, 5.74) is 0.514. The Kier molecular flexibility index (Phi) is 2.43. The van der Waals surface area contributed by atoms with Crippen LogP contribution in [0.4, 0.5) is 0 Å². The maximum absolute atomic E-state index is 10.8. The fourth-order valence-electron chi connectivity index (χ4n) is 1.26. The summed E-state index contributed by atoms with van der Waals surface area (Å²) in [6, 6.07) is 6.69. The largest absolute Gasteiger partial charge is 0.507 e. The molecule has 0 fully saturated rings. The van der Waals surface area contributed by atoms with Crippen LogP contribution in [0.25, 0.3) is 11.1 Å². The first-order valence-electron chi connectivity index (χ1n) is 4.21. The molecule has 0 bridgehead atoms. The maximum atomic E-state index is 10.8. The average Bonchev–Trinajstić information content (AvgIpc) is 2.20. The zero-order valence-electron chi connectivity index (χ0n) is 7.57. The van der Waals surface area contributed by atoms with Gasteiger partial charge in [0.05, 0.1) is 0 Å². The summed E-state index contributed by atoms with van der Waals surface area (Å²) in [4.78, 5) is 16.7. The van der Waals surface area contributed by atoms with Gasteiger partial charge in [-0.3, -0.25) is 4.98 Å². The van der Waals surface area contributed by atoms with E-state index in [-0.39, 0.29) is 10.9 Å². The standard InChI is InChI=1S/C10H7ClN2O2/c11-9-7(5-12-10(15)13-9)6-3-1-2-4-8(6)14/h1-5,14H,(H,12,13,15). The number of aromatic hydroxyl groups is 1. The molecule has 0 saturated carbocycles. The highest BCUT2D eigenvalue weighted by Gasteiger charge is 2.08. The van der Waals surface area contributed by atoms with Gasteiger partial charge in [-0.05, 0) is 6.07 Å². The lowest BCUT2D eigenvalue weighted by Gasteiger charge is -2.04. The summed E-state index contributed by atoms with van der Waals surface area (Å²) < 4.78 is 0. The van der Waals surface area contributed by atoms with Gasteiger partial charge >= 0.3 is 5.69 Å². The third-order valence-corrected chi connectivity index (χ3v) is 2.26. The summed E-state index contributed by atoms with van der Waals surface area (Å²) in [6.45, 7) is 0. The second-order valence-electron chi connectivity index (χ2n) is 2.93. The van der Waals surface area contributed by atoms with Crippen molar-refractivity contribution in [2.45, 2.75) is 0 Å². The molecule has 76 valence electrons. The summed E-state index contributed by atoms with van der Waals surface area (Å²) in [5, 5.41) is 9.74. The Morgan fingerprint density at radius 3 is 2.67 bits per heavy atom. The van der Waals surface area contributed by atoms with Crippen molar-refractivity contribution in [3.8, 4) is 16.9 Å². The van der Waals surface area contributed by atoms with Crippen molar-refractivity contribution in [2.75, 3.05) is 0 Å². The lowest BCUT2D eigenvalue weighted by molar-refractivity contribution is 0.477. The van der Waals surface area contributed by atoms with Crippen molar-refractivity contribution in [1.82, 2.24) is 9.97 Å². The number of phenolic OH excluding ortho intramolecular Hbond substituents is 1. The van der Waals surface area contributed by atoms with Crippen molar-refractivity contribution < 1.29 is 5.11 Å². The molecule has 0 aliphatic heterocycles. The number of nitrogens with one attached hydrogen (secondary N) is 1. The van der Waals surface area contributed by atoms with Gasteiger partial charge in [0.25, 0.3) is 0 Å². The van der Waals surface area contributed by atoms with Gasteiger partial charge in [-0.1, -0.05) is 29.8 Å². The van der Waals surface area contributed by atoms with Crippen LogP contribution in [-0.2, 0) is 0 Å². The number of aromatic nitrogens is 2. The second kappa shape index (κ2) is 3.74. The summed E-state index contributed by atoms with van der Waals surface area (Å²) in [6.07, 6.45) is 1.33. The van der Waals surface area contributed by atoms with Crippen molar-refractivity contribution in [3.63, 3.8) is 0 Å². The number of rotatable bonds is 1. The first-order valence-corrected chi connectivity index (χ1v) is 4.59. The van der Waals surface area contributed by atoms with Crippen LogP contribution in [0.2, 0.25) is 5.15 Å². The van der Waals surface area contributed by atoms with E-state index in [4.69, 9.17) is 11.6 Å². The normalized spacial score (nSPS) is 10.2. The molecule has 0 spiro atoms. The Labute approximate surface area is 90.2 Å². The topological polar surface area (TPSA) is 66.0 Å². The Bertz CT molecular complexity index is 551. The van der Waals surface area contributed by atoms with Crippen LogP contribution in [0, 0.1) is 0 Å². The molecule has 15 heavy (non-hydrogen) atoms. The molecule has 0 amide bonds. The molecule has 0 atom stereocenters. The van der Waals surface area contributed by atoms with E-state index >= 15 is 0 Å². The number of hydrogen-bond acceptors (Lipinski definition) is 3. The second-order valence-corrected chi connectivity index (χ2v) is 3.31. The van der Waals surface area contributed by atoms with Crippen molar-refractivity contribution in [3.05, 3.63) is 46.1 Å². The quantitative estimate of drug-likeness (QED) is 0.723. The van der Waals surface area contributed by atoms with Gasteiger partial charge in [0, 0.05) is 17.3 Å². The minimum atomic E-state index is -0.515. The predicted molar refractivity (Wildman–Crippen MR) is 57.0 cm³/mol. The van der Waals surface area contributed by atoms with Crippen LogP contribution in [0.5, 0.6) is 5.75 Å². The Balaban J connectivity index is 2.65. The summed E-state index contributed by atoms with van der Waals surface area (Å²) >= 11 is 5.83. The minimum Gasteiger partial charge on any atom is -0.507 e. The zero-order chi connectivity index (χ0) is 10.8. The van der Waals surface area contributed by atoms with Crippen molar-refractivity contribution in [1.29, 1.82) is 0 Å². The molecule has 5 heteroatoms. The van der Waals surface area contributed by atoms with Gasteiger partial charge in [-0.25, -0.2) is 9.78 Å². The van der Waals surface area contributed by atoms with Crippen LogP contribution in [0.15, 0.2) is 35.3 Å². The lowest BCUT2D eigenvalue weighted by atomic mass is 10.1. The van der Waals surface area contributed by atoms with Crippen LogP contribution >= 0.6 is 11.6 Å². The van der Waals surface area contributed by atoms with Gasteiger partial charge in [0.2, 0.25) is 0 Å². The lowest BCUT2D eigenvalue weighted by Crippen LogP contribution is -2.09. The minimum absolute atomic E-state index is 0.0910. The van der Waals surface area contributed by atoms with E-state index in [2.05, 4.69) is 9.97 Å². The number of aromatic amines is 1. The number of benzene rings is 1. The first-order chi connectivity index (χ1) is 7.18. The van der Waals surface area contributed by atoms with Crippen molar-refractivity contribution in [2.24, 2.45) is 0 Å². The Morgan fingerprint density at radius 1 is 1.27 bits per heavy atom. The molecule has 0 saturated heterocycles. The highest BCUT2D eigenvalue weighted by molar-refractivity contribution is 6.32. The summed E-state index contributed by atoms with van der Waals surface area (Å²) in [5.74, 6) is 0.0910. The Morgan fingerprint density at radius 2 is 2.00 bits per heavy atom. The molecule has 1 heterocycles. The molecule has 1 aromatic carbocycles. The van der Waals surface area contributed by atoms with Crippen molar-refractivity contribution >= 4 is 11.6 Å². The molecular weight excluding hydrogens is 216 g/mol. The number of phenols is 1. The molecule has 0 aliphatic carbocycles. The highest BCUT2D eigenvalue weighted by atomic mass is 35.5. The van der Waals surface area contributed by atoms with E-state index < -0.39 is 5.69 Å². The van der Waals surface area contributed by atoms with Crippen LogP contribution < -0.4 is 5.69 Å². The highest BCUT2D eigenvalue weighted by Crippen LogP contribution is 2.31. The van der Waals surface area contributed by atoms with E-state index in [1.54, 1.807) is 18.2 Å². The van der Waals surface area contributed by atoms with Gasteiger partial charge < -0.3 is 5.11 Å². The van der Waals surface area contributed by atoms with E-state index in [0.717, 1.165) is 0 Å². The fourth-order valence-corrected chi connectivity index (χ4v) is 1.49. The molecule has 0 aliphatic rings. The molecule has 0 unspecified atom stereocenters. The molecule has 0 radical (unpaired) electrons. The SMILES string of the molecule is O=c1ncc(-c2ccccc2O)c(Cl)[nH]1. The maximum Gasteiger partial charge on any atom is 0.346 e. The van der Waals surface area contributed by atoms with Crippen LogP contribution in [0.1, 0.15) is 0 Å². The number of halogens is 1. The van der Waals surface area contributed by atoms with E-state index in [9.17, 15) is 9.90 Å². The monoisotopic (exact) mass is 222 g/mol. The zero-order valence-corrected chi connectivity index (χ0v) is 8.32. The van der Waals surface area contributed by atoms with Crippen LogP contribution in [-0.4, -0.2) is 15.1 Å². The third kappa shape index (κ3) is 1.85. The number of nitrogens with zero attached hydrogens (tertiary/aromatic N) is 1. The average molecular weight is 223 g/mol. The van der Waals surface area contributed by atoms with Crippen LogP contribution in [0.3, 0.4) is 0 Å². The molecule has 2 N–H and O–H groups in total. The third-order valence-electron chi connectivity index (χ3n) is 1.96. The van der Waals surface area contributed by atoms with Gasteiger partial charge in [-0.2, -0.15) is 0 Å². The molecule has 1 aromatic heterocycles. The van der Waals surface area contributed by atoms with E-state index in [1.807, 2.05) is 0 Å². The van der Waals surface area contributed by atoms with Gasteiger partial charge in [0.1, 0.15) is 10.9 Å². The first kappa shape index (κ1) is 9.73. The van der Waals surface area contributed by atoms with E-state index in [1.165, 1.54) is 12.3 Å². The van der Waals surface area contributed by atoms with E-state index in [0.29, 0.717) is 11.1 Å². The molecule has 4 nitrogen and oxygen atoms in total. The molecular formula is C10H7ClN2O2. The predicted octanol–water partition coefficient (Wildman–Crippen LogP) is 1.80. The summed E-state index contributed by atoms with van der Waals surface area (Å²) in [7, 11) is 0. The van der Waals surface area contributed by atoms with Gasteiger partial charge in [0.15, 0.2) is 0 Å². The number of hydrogen-bond donors (Lipinski definition) is 2. The smallest absolute Gasteiger partial charge is 0.346 e. The Hall–Kier alpha value is -1.81. The molecule has 2 aromatic rings. The number of para-hydroxylation sites is 1. The fraction of sp³-hybridized carbons (Fsp3) is 0. The molecule has 2 rings (SSSR count). The van der Waals surface area contributed by atoms with Gasteiger partial charge in [-0.15, -0.1) is 0 Å².